The molecule has 0 saturated carbocycles. The summed E-state index contributed by atoms with van der Waals surface area (Å²) in [5.74, 6) is -0.737. The Morgan fingerprint density at radius 1 is 1.50 bits per heavy atom. The highest BCUT2D eigenvalue weighted by atomic mass is 35.5. The summed E-state index contributed by atoms with van der Waals surface area (Å²) in [4.78, 5) is -0.207. The summed E-state index contributed by atoms with van der Waals surface area (Å²) in [6, 6.07) is 1.90. The summed E-state index contributed by atoms with van der Waals surface area (Å²) < 4.78 is 38.7. The molecule has 7 heteroatoms. The van der Waals surface area contributed by atoms with Crippen LogP contribution in [0.2, 0.25) is 5.02 Å². The van der Waals surface area contributed by atoms with Crippen LogP contribution in [0.15, 0.2) is 17.0 Å². The van der Waals surface area contributed by atoms with Gasteiger partial charge in [0.25, 0.3) is 0 Å². The number of halogens is 2. The predicted molar refractivity (Wildman–Crippen MR) is 61.3 cm³/mol. The van der Waals surface area contributed by atoms with Gasteiger partial charge in [0.05, 0.1) is 10.7 Å². The minimum absolute atomic E-state index is 0.185. The molecule has 4 nitrogen and oxygen atoms in total. The Morgan fingerprint density at radius 3 is 2.69 bits per heavy atom. The molecule has 0 aliphatic carbocycles. The van der Waals surface area contributed by atoms with Crippen molar-refractivity contribution in [3.63, 3.8) is 0 Å². The third-order valence-corrected chi connectivity index (χ3v) is 3.81. The lowest BCUT2D eigenvalue weighted by atomic mass is 10.3. The summed E-state index contributed by atoms with van der Waals surface area (Å²) in [7, 11) is -3.72. The maximum atomic E-state index is 13.0. The molecular formula is C9H12ClFN2O2S. The number of nitrogens with two attached hydrogens (primary N) is 1. The quantitative estimate of drug-likeness (QED) is 0.816. The second-order valence-corrected chi connectivity index (χ2v) is 5.34. The van der Waals surface area contributed by atoms with Crippen LogP contribution < -0.4 is 10.5 Å². The van der Waals surface area contributed by atoms with Gasteiger partial charge in [0.2, 0.25) is 10.0 Å². The predicted octanol–water partition coefficient (Wildman–Crippen LogP) is 1.75. The van der Waals surface area contributed by atoms with Gasteiger partial charge in [-0.3, -0.25) is 0 Å². The molecule has 0 spiro atoms. The third-order valence-electron chi connectivity index (χ3n) is 1.88. The molecule has 0 radical (unpaired) electrons. The lowest BCUT2D eigenvalue weighted by molar-refractivity contribution is 0.580. The highest BCUT2D eigenvalue weighted by Crippen LogP contribution is 2.25. The van der Waals surface area contributed by atoms with Crippen LogP contribution in [0, 0.1) is 5.82 Å². The summed E-state index contributed by atoms with van der Waals surface area (Å²) >= 11 is 5.65. The molecule has 1 aromatic carbocycles. The average molecular weight is 267 g/mol. The normalized spacial score (nSPS) is 11.7. The van der Waals surface area contributed by atoms with Gasteiger partial charge in [-0.2, -0.15) is 0 Å². The summed E-state index contributed by atoms with van der Waals surface area (Å²) in [6.07, 6.45) is 0.646. The van der Waals surface area contributed by atoms with Crippen LogP contribution in [0.1, 0.15) is 13.3 Å². The fourth-order valence-corrected chi connectivity index (χ4v) is 2.75. The Hall–Kier alpha value is -0.850. The molecule has 90 valence electrons. The smallest absolute Gasteiger partial charge is 0.242 e. The van der Waals surface area contributed by atoms with E-state index >= 15 is 0 Å². The number of rotatable bonds is 4. The van der Waals surface area contributed by atoms with E-state index < -0.39 is 15.8 Å². The highest BCUT2D eigenvalue weighted by molar-refractivity contribution is 7.89. The van der Waals surface area contributed by atoms with Crippen LogP contribution in [0.3, 0.4) is 0 Å². The number of nitrogen functional groups attached to an aromatic ring is 1. The summed E-state index contributed by atoms with van der Waals surface area (Å²) in [5, 5.41) is -0.185. The molecule has 0 saturated heterocycles. The van der Waals surface area contributed by atoms with Crippen LogP contribution in [0.5, 0.6) is 0 Å². The Labute approximate surface area is 98.6 Å². The molecule has 0 bridgehead atoms. The lowest BCUT2D eigenvalue weighted by Crippen LogP contribution is -2.24. The van der Waals surface area contributed by atoms with Crippen LogP contribution in [0.4, 0.5) is 10.1 Å². The maximum absolute atomic E-state index is 13.0. The van der Waals surface area contributed by atoms with Crippen LogP contribution in [-0.2, 0) is 10.0 Å². The number of benzene rings is 1. The van der Waals surface area contributed by atoms with Crippen molar-refractivity contribution in [2.24, 2.45) is 0 Å². The van der Waals surface area contributed by atoms with Gasteiger partial charge in [-0.05, 0) is 18.6 Å². The molecule has 0 fully saturated rings. The first kappa shape index (κ1) is 13.2. The molecule has 1 aromatic rings. The van der Waals surface area contributed by atoms with Gasteiger partial charge in [-0.15, -0.1) is 0 Å². The van der Waals surface area contributed by atoms with Gasteiger partial charge >= 0.3 is 0 Å². The monoisotopic (exact) mass is 266 g/mol. The van der Waals surface area contributed by atoms with Crippen LogP contribution in [0.25, 0.3) is 0 Å². The topological polar surface area (TPSA) is 72.2 Å². The van der Waals surface area contributed by atoms with E-state index in [1.54, 1.807) is 0 Å². The fourth-order valence-electron chi connectivity index (χ4n) is 1.06. The summed E-state index contributed by atoms with van der Waals surface area (Å²) in [5.41, 5.74) is 5.04. The molecule has 1 rings (SSSR count). The molecule has 0 aromatic heterocycles. The fraction of sp³-hybridized carbons (Fsp3) is 0.333. The van der Waals surface area contributed by atoms with Crippen molar-refractivity contribution in [2.75, 3.05) is 12.3 Å². The Balaban J connectivity index is 3.18. The molecule has 0 aliphatic heterocycles. The molecule has 3 N–H and O–H groups in total. The number of hydrogen-bond donors (Lipinski definition) is 2. The zero-order valence-electron chi connectivity index (χ0n) is 8.63. The van der Waals surface area contributed by atoms with Crippen molar-refractivity contribution < 1.29 is 12.8 Å². The molecule has 0 amide bonds. The van der Waals surface area contributed by atoms with Crippen molar-refractivity contribution in [1.29, 1.82) is 0 Å². The number of anilines is 1. The molecular weight excluding hydrogens is 255 g/mol. The van der Waals surface area contributed by atoms with Gasteiger partial charge in [-0.1, -0.05) is 18.5 Å². The third kappa shape index (κ3) is 2.84. The SMILES string of the molecule is CCCNS(=O)(=O)c1cc(N)c(F)cc1Cl. The second-order valence-electron chi connectivity index (χ2n) is 3.20. The standard InChI is InChI=1S/C9H12ClFN2O2S/c1-2-3-13-16(14,15)9-5-8(12)7(11)4-6(9)10/h4-5,13H,2-3,12H2,1H3. The first-order chi connectivity index (χ1) is 7.38. The van der Waals surface area contributed by atoms with E-state index in [0.717, 1.165) is 12.1 Å². The Morgan fingerprint density at radius 2 is 2.12 bits per heavy atom. The van der Waals surface area contributed by atoms with E-state index in [9.17, 15) is 12.8 Å². The van der Waals surface area contributed by atoms with Crippen molar-refractivity contribution >= 4 is 27.3 Å². The molecule has 16 heavy (non-hydrogen) atoms. The van der Waals surface area contributed by atoms with E-state index in [1.807, 2.05) is 6.92 Å². The first-order valence-electron chi connectivity index (χ1n) is 4.62. The molecule has 0 heterocycles. The van der Waals surface area contributed by atoms with E-state index in [2.05, 4.69) is 4.72 Å². The van der Waals surface area contributed by atoms with Gasteiger partial charge in [0.15, 0.2) is 0 Å². The summed E-state index contributed by atoms with van der Waals surface area (Å²) in [6.45, 7) is 2.11. The Bertz CT molecular complexity index is 491. The number of nitrogens with one attached hydrogen (secondary N) is 1. The number of sulfonamides is 1. The van der Waals surface area contributed by atoms with Crippen molar-refractivity contribution in [1.82, 2.24) is 4.72 Å². The van der Waals surface area contributed by atoms with Crippen molar-refractivity contribution in [2.45, 2.75) is 18.2 Å². The molecule has 0 aliphatic rings. The maximum Gasteiger partial charge on any atom is 0.242 e. The zero-order chi connectivity index (χ0) is 12.3. The van der Waals surface area contributed by atoms with Gasteiger partial charge in [0.1, 0.15) is 10.7 Å². The van der Waals surface area contributed by atoms with Gasteiger partial charge in [-0.25, -0.2) is 17.5 Å². The second kappa shape index (κ2) is 4.99. The van der Waals surface area contributed by atoms with E-state index in [1.165, 1.54) is 0 Å². The van der Waals surface area contributed by atoms with Crippen molar-refractivity contribution in [3.05, 3.63) is 23.0 Å². The average Bonchev–Trinajstić information content (AvgIpc) is 2.20. The highest BCUT2D eigenvalue weighted by Gasteiger charge is 2.19. The van der Waals surface area contributed by atoms with E-state index in [-0.39, 0.29) is 22.2 Å². The van der Waals surface area contributed by atoms with Gasteiger partial charge < -0.3 is 5.73 Å². The van der Waals surface area contributed by atoms with Crippen LogP contribution in [-0.4, -0.2) is 15.0 Å². The number of hydrogen-bond acceptors (Lipinski definition) is 3. The first-order valence-corrected chi connectivity index (χ1v) is 6.48. The Kier molecular flexibility index (Phi) is 4.12. The van der Waals surface area contributed by atoms with Crippen molar-refractivity contribution in [3.8, 4) is 0 Å². The lowest BCUT2D eigenvalue weighted by Gasteiger charge is -2.08. The zero-order valence-corrected chi connectivity index (χ0v) is 10.2. The largest absolute Gasteiger partial charge is 0.396 e. The van der Waals surface area contributed by atoms with Crippen LogP contribution >= 0.6 is 11.6 Å². The van der Waals surface area contributed by atoms with Gasteiger partial charge in [0, 0.05) is 6.54 Å². The molecule has 0 atom stereocenters. The van der Waals surface area contributed by atoms with E-state index in [0.29, 0.717) is 6.42 Å². The minimum atomic E-state index is -3.72. The minimum Gasteiger partial charge on any atom is -0.396 e. The van der Waals surface area contributed by atoms with E-state index in [4.69, 9.17) is 17.3 Å². The molecule has 0 unspecified atom stereocenters.